The SMILES string of the molecule is O=C(/N=C1/[N]c2ccccc2S1)C1CC1. The van der Waals surface area contributed by atoms with E-state index in [0.29, 0.717) is 5.17 Å². The van der Waals surface area contributed by atoms with E-state index in [4.69, 9.17) is 0 Å². The molecule has 1 aromatic carbocycles. The van der Waals surface area contributed by atoms with Crippen LogP contribution in [0.3, 0.4) is 0 Å². The average Bonchev–Trinajstić information content (AvgIpc) is 2.99. The molecule has 0 bridgehead atoms. The summed E-state index contributed by atoms with van der Waals surface area (Å²) in [5.74, 6) is 0.172. The molecule has 3 nitrogen and oxygen atoms in total. The molecule has 0 saturated heterocycles. The Morgan fingerprint density at radius 3 is 2.93 bits per heavy atom. The Hall–Kier alpha value is -1.29. The van der Waals surface area contributed by atoms with Gasteiger partial charge in [-0.2, -0.15) is 4.99 Å². The Balaban J connectivity index is 1.80. The predicted octanol–water partition coefficient (Wildman–Crippen LogP) is 2.32. The summed E-state index contributed by atoms with van der Waals surface area (Å²) in [7, 11) is 0. The molecule has 1 fully saturated rings. The van der Waals surface area contributed by atoms with Gasteiger partial charge in [0.15, 0.2) is 5.17 Å². The molecule has 1 aliphatic carbocycles. The van der Waals surface area contributed by atoms with Crippen molar-refractivity contribution in [3.8, 4) is 0 Å². The third-order valence-corrected chi connectivity index (χ3v) is 3.35. The number of hydrogen-bond donors (Lipinski definition) is 0. The van der Waals surface area contributed by atoms with Gasteiger partial charge in [-0.15, -0.1) is 0 Å². The summed E-state index contributed by atoms with van der Waals surface area (Å²) < 4.78 is 0. The van der Waals surface area contributed by atoms with Crippen LogP contribution in [0.1, 0.15) is 12.8 Å². The highest BCUT2D eigenvalue weighted by molar-refractivity contribution is 8.14. The van der Waals surface area contributed by atoms with E-state index in [9.17, 15) is 4.79 Å². The maximum atomic E-state index is 11.5. The van der Waals surface area contributed by atoms with E-state index >= 15 is 0 Å². The maximum absolute atomic E-state index is 11.5. The Bertz CT molecular complexity index is 425. The quantitative estimate of drug-likeness (QED) is 0.724. The molecule has 0 unspecified atom stereocenters. The van der Waals surface area contributed by atoms with Crippen molar-refractivity contribution in [3.05, 3.63) is 24.3 Å². The molecule has 0 N–H and O–H groups in total. The average molecular weight is 217 g/mol. The van der Waals surface area contributed by atoms with E-state index in [-0.39, 0.29) is 11.8 Å². The lowest BCUT2D eigenvalue weighted by Crippen LogP contribution is -2.05. The van der Waals surface area contributed by atoms with Gasteiger partial charge in [0, 0.05) is 10.8 Å². The van der Waals surface area contributed by atoms with E-state index in [1.165, 1.54) is 11.8 Å². The van der Waals surface area contributed by atoms with Gasteiger partial charge in [0.1, 0.15) is 0 Å². The molecule has 0 spiro atoms. The number of carbonyl (C=O) groups excluding carboxylic acids is 1. The first-order valence-corrected chi connectivity index (χ1v) is 5.76. The number of carbonyl (C=O) groups is 1. The summed E-state index contributed by atoms with van der Waals surface area (Å²) in [6.07, 6.45) is 1.99. The van der Waals surface area contributed by atoms with Crippen LogP contribution < -0.4 is 5.32 Å². The second kappa shape index (κ2) is 3.38. The van der Waals surface area contributed by atoms with Crippen molar-refractivity contribution in [3.63, 3.8) is 0 Å². The summed E-state index contributed by atoms with van der Waals surface area (Å²) in [5.41, 5.74) is 0.921. The number of rotatable bonds is 1. The number of para-hydroxylation sites is 1. The van der Waals surface area contributed by atoms with Crippen LogP contribution in [-0.4, -0.2) is 11.1 Å². The summed E-state index contributed by atoms with van der Waals surface area (Å²) >= 11 is 1.47. The number of thioether (sulfide) groups is 1. The third kappa shape index (κ3) is 1.77. The monoisotopic (exact) mass is 217 g/mol. The zero-order valence-corrected chi connectivity index (χ0v) is 8.83. The lowest BCUT2D eigenvalue weighted by Gasteiger charge is -1.92. The molecule has 1 aliphatic heterocycles. The summed E-state index contributed by atoms with van der Waals surface area (Å²) in [5, 5.41) is 4.88. The molecule has 0 aromatic heterocycles. The minimum atomic E-state index is -0.00550. The summed E-state index contributed by atoms with van der Waals surface area (Å²) in [6, 6.07) is 7.83. The van der Waals surface area contributed by atoms with Crippen molar-refractivity contribution < 1.29 is 4.79 Å². The minimum absolute atomic E-state index is 0.00550. The predicted molar refractivity (Wildman–Crippen MR) is 59.3 cm³/mol. The lowest BCUT2D eigenvalue weighted by atomic mass is 10.3. The van der Waals surface area contributed by atoms with Crippen molar-refractivity contribution >= 4 is 28.5 Å². The van der Waals surface area contributed by atoms with E-state index in [1.54, 1.807) is 0 Å². The van der Waals surface area contributed by atoms with Crippen molar-refractivity contribution in [2.75, 3.05) is 0 Å². The van der Waals surface area contributed by atoms with Crippen LogP contribution in [0.2, 0.25) is 0 Å². The fraction of sp³-hybridized carbons (Fsp3) is 0.273. The van der Waals surface area contributed by atoms with Crippen LogP contribution in [0.25, 0.3) is 0 Å². The van der Waals surface area contributed by atoms with Crippen LogP contribution >= 0.6 is 11.8 Å². The molecule has 15 heavy (non-hydrogen) atoms. The van der Waals surface area contributed by atoms with Gasteiger partial charge >= 0.3 is 0 Å². The van der Waals surface area contributed by atoms with Gasteiger partial charge in [-0.05, 0) is 36.7 Å². The number of fused-ring (bicyclic) bond motifs is 1. The standard InChI is InChI=1S/C11H9N2OS/c14-10(7-5-6-7)13-11-12-8-3-1-2-4-9(8)15-11/h1-4,7H,5-6H2/b13-11-. The highest BCUT2D eigenvalue weighted by Gasteiger charge is 2.30. The number of aliphatic imine (C=N–C) groups is 1. The largest absolute Gasteiger partial charge is 0.272 e. The Labute approximate surface area is 92.0 Å². The van der Waals surface area contributed by atoms with Crippen LogP contribution in [0.5, 0.6) is 0 Å². The molecule has 3 rings (SSSR count). The van der Waals surface area contributed by atoms with Crippen LogP contribution in [-0.2, 0) is 4.79 Å². The van der Waals surface area contributed by atoms with Crippen molar-refractivity contribution in [2.24, 2.45) is 10.9 Å². The molecule has 4 heteroatoms. The molecular formula is C11H9N2OS. The highest BCUT2D eigenvalue weighted by Crippen LogP contribution is 2.36. The second-order valence-electron chi connectivity index (χ2n) is 3.69. The second-order valence-corrected chi connectivity index (χ2v) is 4.70. The molecular weight excluding hydrogens is 208 g/mol. The normalized spacial score (nSPS) is 21.2. The van der Waals surface area contributed by atoms with Gasteiger partial charge in [0.2, 0.25) is 0 Å². The number of benzene rings is 1. The smallest absolute Gasteiger partial charge is 0.251 e. The fourth-order valence-corrected chi connectivity index (χ4v) is 2.26. The first kappa shape index (κ1) is 8.97. The highest BCUT2D eigenvalue weighted by atomic mass is 32.2. The molecule has 1 radical (unpaired) electrons. The zero-order valence-electron chi connectivity index (χ0n) is 8.01. The van der Waals surface area contributed by atoms with Gasteiger partial charge in [-0.3, -0.25) is 4.79 Å². The molecule has 1 amide bonds. The molecule has 1 heterocycles. The number of nitrogens with zero attached hydrogens (tertiary/aromatic N) is 2. The van der Waals surface area contributed by atoms with E-state index in [0.717, 1.165) is 23.4 Å². The minimum Gasteiger partial charge on any atom is -0.272 e. The topological polar surface area (TPSA) is 43.5 Å². The third-order valence-electron chi connectivity index (χ3n) is 2.42. The zero-order chi connectivity index (χ0) is 10.3. The molecule has 0 atom stereocenters. The Kier molecular flexibility index (Phi) is 2.02. The molecule has 1 aromatic rings. The van der Waals surface area contributed by atoms with Gasteiger partial charge in [0.05, 0.1) is 5.69 Å². The first-order chi connectivity index (χ1) is 7.33. The maximum Gasteiger partial charge on any atom is 0.251 e. The van der Waals surface area contributed by atoms with Gasteiger partial charge in [0.25, 0.3) is 5.91 Å². The summed E-state index contributed by atoms with van der Waals surface area (Å²) in [4.78, 5) is 16.6. The number of amidine groups is 1. The van der Waals surface area contributed by atoms with Crippen molar-refractivity contribution in [1.82, 2.24) is 5.32 Å². The fourth-order valence-electron chi connectivity index (χ4n) is 1.42. The summed E-state index contributed by atoms with van der Waals surface area (Å²) in [6.45, 7) is 0. The number of amides is 1. The molecule has 75 valence electrons. The Morgan fingerprint density at radius 1 is 1.40 bits per heavy atom. The van der Waals surface area contributed by atoms with Gasteiger partial charge < -0.3 is 0 Å². The lowest BCUT2D eigenvalue weighted by molar-refractivity contribution is -0.118. The molecule has 2 aliphatic rings. The van der Waals surface area contributed by atoms with Gasteiger partial charge in [-0.25, -0.2) is 5.32 Å². The Morgan fingerprint density at radius 2 is 2.20 bits per heavy atom. The molecule has 1 saturated carbocycles. The van der Waals surface area contributed by atoms with E-state index < -0.39 is 0 Å². The van der Waals surface area contributed by atoms with Crippen LogP contribution in [0.4, 0.5) is 5.69 Å². The number of hydrogen-bond acceptors (Lipinski definition) is 2. The van der Waals surface area contributed by atoms with Crippen molar-refractivity contribution in [2.45, 2.75) is 17.7 Å². The van der Waals surface area contributed by atoms with Crippen LogP contribution in [0.15, 0.2) is 34.2 Å². The van der Waals surface area contributed by atoms with E-state index in [1.807, 2.05) is 24.3 Å². The van der Waals surface area contributed by atoms with Gasteiger partial charge in [-0.1, -0.05) is 12.1 Å². The first-order valence-electron chi connectivity index (χ1n) is 4.94. The van der Waals surface area contributed by atoms with E-state index in [2.05, 4.69) is 10.3 Å². The van der Waals surface area contributed by atoms with Crippen molar-refractivity contribution in [1.29, 1.82) is 0 Å². The van der Waals surface area contributed by atoms with Crippen LogP contribution in [0, 0.1) is 5.92 Å².